The first-order valence-corrected chi connectivity index (χ1v) is 12.4. The maximum absolute atomic E-state index is 13.1. The van der Waals surface area contributed by atoms with Crippen molar-refractivity contribution in [1.82, 2.24) is 10.2 Å². The summed E-state index contributed by atoms with van der Waals surface area (Å²) >= 11 is 12.1. The van der Waals surface area contributed by atoms with E-state index in [9.17, 15) is 14.4 Å². The van der Waals surface area contributed by atoms with Crippen LogP contribution in [0.15, 0.2) is 71.4 Å². The number of halogens is 2. The topological polar surface area (TPSA) is 98.1 Å². The van der Waals surface area contributed by atoms with Crippen molar-refractivity contribution >= 4 is 47.1 Å². The first-order chi connectivity index (χ1) is 18.3. The zero-order valence-electron chi connectivity index (χ0n) is 20.5. The van der Waals surface area contributed by atoms with Gasteiger partial charge in [0.15, 0.2) is 11.5 Å². The Hall–Kier alpha value is -4.01. The molecule has 1 saturated heterocycles. The van der Waals surface area contributed by atoms with E-state index in [1.807, 2.05) is 13.0 Å². The zero-order chi connectivity index (χ0) is 27.2. The highest BCUT2D eigenvalue weighted by atomic mass is 35.5. The normalized spacial score (nSPS) is 14.6. The first-order valence-electron chi connectivity index (χ1n) is 11.7. The van der Waals surface area contributed by atoms with Crippen LogP contribution < -0.4 is 14.8 Å². The standard InChI is InChI=1S/C28H24Cl2N2O6/c1-3-6-19-11-18(12-21-26(33)31-28(35)32(27(21)34)15-20-7-5-10-37-20)14-24(36-4-2)25(19)38-16-17-8-9-22(29)23(30)13-17/h3,5,7-14H,1,4,6,15-16H2,2H3,(H,31,33,35)/b21-12+. The Morgan fingerprint density at radius 2 is 1.89 bits per heavy atom. The Bertz CT molecular complexity index is 1410. The van der Waals surface area contributed by atoms with E-state index in [0.717, 1.165) is 16.0 Å². The molecule has 0 aliphatic carbocycles. The molecule has 1 aromatic heterocycles. The van der Waals surface area contributed by atoms with Gasteiger partial charge in [0.2, 0.25) is 0 Å². The lowest BCUT2D eigenvalue weighted by atomic mass is 10.0. The number of carbonyl (C=O) groups excluding carboxylic acids is 3. The van der Waals surface area contributed by atoms with Crippen molar-refractivity contribution in [2.75, 3.05) is 6.61 Å². The lowest BCUT2D eigenvalue weighted by Crippen LogP contribution is -2.53. The number of nitrogens with zero attached hydrogens (tertiary/aromatic N) is 1. The van der Waals surface area contributed by atoms with Crippen molar-refractivity contribution in [3.63, 3.8) is 0 Å². The van der Waals surface area contributed by atoms with E-state index in [1.165, 1.54) is 12.3 Å². The summed E-state index contributed by atoms with van der Waals surface area (Å²) in [5, 5.41) is 3.07. The molecular weight excluding hydrogens is 531 g/mol. The number of benzene rings is 2. The third kappa shape index (κ3) is 6.10. The first kappa shape index (κ1) is 27.0. The Morgan fingerprint density at radius 3 is 2.58 bits per heavy atom. The van der Waals surface area contributed by atoms with Crippen LogP contribution in [0.25, 0.3) is 6.08 Å². The lowest BCUT2D eigenvalue weighted by molar-refractivity contribution is -0.130. The average Bonchev–Trinajstić information content (AvgIpc) is 3.40. The molecule has 2 aromatic carbocycles. The second-order valence-electron chi connectivity index (χ2n) is 8.26. The van der Waals surface area contributed by atoms with Gasteiger partial charge in [0.25, 0.3) is 11.8 Å². The minimum Gasteiger partial charge on any atom is -0.490 e. The van der Waals surface area contributed by atoms with E-state index in [0.29, 0.717) is 45.9 Å². The number of hydrogen-bond donors (Lipinski definition) is 1. The Balaban J connectivity index is 1.67. The van der Waals surface area contributed by atoms with E-state index in [2.05, 4.69) is 11.9 Å². The fourth-order valence-corrected chi connectivity index (χ4v) is 4.17. The summed E-state index contributed by atoms with van der Waals surface area (Å²) in [5.74, 6) is -0.213. The number of allylic oxidation sites excluding steroid dienone is 1. The largest absolute Gasteiger partial charge is 0.490 e. The number of hydrogen-bond acceptors (Lipinski definition) is 6. The Morgan fingerprint density at radius 1 is 1.08 bits per heavy atom. The van der Waals surface area contributed by atoms with Crippen LogP contribution in [0.4, 0.5) is 4.79 Å². The molecule has 0 bridgehead atoms. The molecule has 4 rings (SSSR count). The molecule has 1 aliphatic heterocycles. The van der Waals surface area contributed by atoms with Gasteiger partial charge in [-0.05, 0) is 66.9 Å². The highest BCUT2D eigenvalue weighted by molar-refractivity contribution is 6.42. The van der Waals surface area contributed by atoms with Gasteiger partial charge in [-0.15, -0.1) is 6.58 Å². The van der Waals surface area contributed by atoms with Gasteiger partial charge < -0.3 is 13.9 Å². The molecule has 196 valence electrons. The predicted molar refractivity (Wildman–Crippen MR) is 143 cm³/mol. The molecule has 38 heavy (non-hydrogen) atoms. The van der Waals surface area contributed by atoms with Crippen LogP contribution in [0.5, 0.6) is 11.5 Å². The molecule has 0 atom stereocenters. The van der Waals surface area contributed by atoms with Gasteiger partial charge in [-0.2, -0.15) is 0 Å². The van der Waals surface area contributed by atoms with Crippen molar-refractivity contribution in [2.45, 2.75) is 26.5 Å². The molecule has 0 unspecified atom stereocenters. The summed E-state index contributed by atoms with van der Waals surface area (Å²) in [4.78, 5) is 39.0. The second kappa shape index (κ2) is 12.0. The number of imide groups is 2. The summed E-state index contributed by atoms with van der Waals surface area (Å²) in [6.07, 6.45) is 4.98. The van der Waals surface area contributed by atoms with E-state index < -0.39 is 17.8 Å². The summed E-state index contributed by atoms with van der Waals surface area (Å²) < 4.78 is 17.2. The number of barbiturate groups is 1. The highest BCUT2D eigenvalue weighted by Crippen LogP contribution is 2.36. The molecule has 0 saturated carbocycles. The van der Waals surface area contributed by atoms with Gasteiger partial charge in [-0.1, -0.05) is 35.3 Å². The highest BCUT2D eigenvalue weighted by Gasteiger charge is 2.36. The fourth-order valence-electron chi connectivity index (χ4n) is 3.85. The molecule has 1 N–H and O–H groups in total. The Labute approximate surface area is 229 Å². The molecule has 2 heterocycles. The van der Waals surface area contributed by atoms with Gasteiger partial charge in [-0.25, -0.2) is 4.79 Å². The van der Waals surface area contributed by atoms with Crippen LogP contribution in [0.1, 0.15) is 29.4 Å². The van der Waals surface area contributed by atoms with Gasteiger partial charge in [0.05, 0.1) is 29.5 Å². The van der Waals surface area contributed by atoms with Crippen LogP contribution in [-0.4, -0.2) is 29.4 Å². The van der Waals surface area contributed by atoms with Crippen molar-refractivity contribution < 1.29 is 28.3 Å². The minimum absolute atomic E-state index is 0.115. The monoisotopic (exact) mass is 554 g/mol. The number of nitrogens with one attached hydrogen (secondary N) is 1. The number of carbonyl (C=O) groups is 3. The van der Waals surface area contributed by atoms with Crippen molar-refractivity contribution in [2.24, 2.45) is 0 Å². The van der Waals surface area contributed by atoms with Crippen LogP contribution >= 0.6 is 23.2 Å². The molecule has 4 amide bonds. The average molecular weight is 555 g/mol. The Kier molecular flexibility index (Phi) is 8.55. The maximum Gasteiger partial charge on any atom is 0.331 e. The van der Waals surface area contributed by atoms with Crippen LogP contribution in [-0.2, 0) is 29.2 Å². The maximum atomic E-state index is 13.1. The molecule has 10 heteroatoms. The number of furan rings is 1. The lowest BCUT2D eigenvalue weighted by Gasteiger charge is -2.25. The SMILES string of the molecule is C=CCc1cc(/C=C2\C(=O)NC(=O)N(Cc3ccco3)C2=O)cc(OCC)c1OCc1ccc(Cl)c(Cl)c1. The van der Waals surface area contributed by atoms with E-state index >= 15 is 0 Å². The van der Waals surface area contributed by atoms with E-state index in [-0.39, 0.29) is 18.7 Å². The molecule has 1 fully saturated rings. The number of ether oxygens (including phenoxy) is 2. The van der Waals surface area contributed by atoms with Crippen molar-refractivity contribution in [3.05, 3.63) is 99.5 Å². The summed E-state index contributed by atoms with van der Waals surface area (Å²) in [7, 11) is 0. The smallest absolute Gasteiger partial charge is 0.331 e. The minimum atomic E-state index is -0.818. The molecule has 0 spiro atoms. The number of rotatable bonds is 10. The second-order valence-corrected chi connectivity index (χ2v) is 9.07. The number of amides is 4. The van der Waals surface area contributed by atoms with Crippen LogP contribution in [0, 0.1) is 0 Å². The van der Waals surface area contributed by atoms with E-state index in [4.69, 9.17) is 37.1 Å². The predicted octanol–water partition coefficient (Wildman–Crippen LogP) is 5.95. The zero-order valence-corrected chi connectivity index (χ0v) is 22.0. The number of urea groups is 1. The van der Waals surface area contributed by atoms with Crippen molar-refractivity contribution in [1.29, 1.82) is 0 Å². The van der Waals surface area contributed by atoms with Crippen LogP contribution in [0.3, 0.4) is 0 Å². The van der Waals surface area contributed by atoms with Gasteiger partial charge in [0.1, 0.15) is 17.9 Å². The molecule has 8 nitrogen and oxygen atoms in total. The van der Waals surface area contributed by atoms with Gasteiger partial charge in [-0.3, -0.25) is 19.8 Å². The van der Waals surface area contributed by atoms with Crippen molar-refractivity contribution in [3.8, 4) is 11.5 Å². The van der Waals surface area contributed by atoms with E-state index in [1.54, 1.807) is 42.5 Å². The fraction of sp³-hybridized carbons (Fsp3) is 0.179. The molecule has 0 radical (unpaired) electrons. The van der Waals surface area contributed by atoms with Gasteiger partial charge >= 0.3 is 6.03 Å². The van der Waals surface area contributed by atoms with Crippen LogP contribution in [0.2, 0.25) is 10.0 Å². The quantitative estimate of drug-likeness (QED) is 0.189. The third-order valence-electron chi connectivity index (χ3n) is 5.58. The molecule has 3 aromatic rings. The molecular formula is C28H24Cl2N2O6. The summed E-state index contributed by atoms with van der Waals surface area (Å²) in [5.41, 5.74) is 1.85. The summed E-state index contributed by atoms with van der Waals surface area (Å²) in [6.45, 7) is 6.08. The molecule has 1 aliphatic rings. The third-order valence-corrected chi connectivity index (χ3v) is 6.32. The summed E-state index contributed by atoms with van der Waals surface area (Å²) in [6, 6.07) is 11.1. The van der Waals surface area contributed by atoms with Gasteiger partial charge in [0, 0.05) is 5.56 Å².